The lowest BCUT2D eigenvalue weighted by Gasteiger charge is -2.40. The number of amides is 1. The first-order valence-corrected chi connectivity index (χ1v) is 9.25. The zero-order chi connectivity index (χ0) is 17.4. The summed E-state index contributed by atoms with van der Waals surface area (Å²) in [6, 6.07) is 14.9. The highest BCUT2D eigenvalue weighted by Gasteiger charge is 2.35. The fraction of sp³-hybridized carbons (Fsp3) is 0.409. The maximum Gasteiger partial charge on any atom is 0.226 e. The third kappa shape index (κ3) is 2.82. The van der Waals surface area contributed by atoms with E-state index in [-0.39, 0.29) is 12.0 Å². The zero-order valence-electron chi connectivity index (χ0n) is 15.0. The first kappa shape index (κ1) is 16.2. The van der Waals surface area contributed by atoms with Crippen LogP contribution in [0.25, 0.3) is 11.1 Å². The van der Waals surface area contributed by atoms with Crippen LogP contribution < -0.4 is 4.74 Å². The second-order valence-corrected chi connectivity index (χ2v) is 7.19. The molecule has 1 saturated carbocycles. The number of hydrogen-bond acceptors (Lipinski definition) is 2. The van der Waals surface area contributed by atoms with Crippen LogP contribution in [-0.2, 0) is 11.2 Å². The van der Waals surface area contributed by atoms with Crippen LogP contribution in [-0.4, -0.2) is 24.5 Å². The van der Waals surface area contributed by atoms with E-state index in [4.69, 9.17) is 4.74 Å². The van der Waals surface area contributed by atoms with Crippen molar-refractivity contribution >= 4 is 5.91 Å². The Bertz CT molecular complexity index is 777. The summed E-state index contributed by atoms with van der Waals surface area (Å²) in [6.45, 7) is 3.00. The fourth-order valence-corrected chi connectivity index (χ4v) is 4.10. The van der Waals surface area contributed by atoms with E-state index >= 15 is 0 Å². The van der Waals surface area contributed by atoms with Crippen LogP contribution in [0.5, 0.6) is 5.75 Å². The fourth-order valence-electron chi connectivity index (χ4n) is 4.10. The van der Waals surface area contributed by atoms with Crippen molar-refractivity contribution < 1.29 is 9.53 Å². The molecule has 0 spiro atoms. The van der Waals surface area contributed by atoms with Crippen molar-refractivity contribution in [1.29, 1.82) is 0 Å². The van der Waals surface area contributed by atoms with Crippen molar-refractivity contribution in [3.05, 3.63) is 53.6 Å². The molecule has 1 heterocycles. The van der Waals surface area contributed by atoms with E-state index in [0.717, 1.165) is 31.6 Å². The summed E-state index contributed by atoms with van der Waals surface area (Å²) in [5.74, 6) is 1.51. The standard InChI is InChI=1S/C22H25NO2/c1-15-19-7-4-8-20(16-9-11-18(25-2)12-10-16)21(19)13-14-23(15)22(24)17-5-3-6-17/h4,7-12,15,17H,3,5-6,13-14H2,1-2H3/t15-/m1/s1. The Morgan fingerprint density at radius 1 is 1.12 bits per heavy atom. The van der Waals surface area contributed by atoms with Crippen molar-refractivity contribution in [2.75, 3.05) is 13.7 Å². The van der Waals surface area contributed by atoms with Gasteiger partial charge in [-0.15, -0.1) is 0 Å². The number of carbonyl (C=O) groups is 1. The van der Waals surface area contributed by atoms with Crippen molar-refractivity contribution in [2.24, 2.45) is 5.92 Å². The molecular formula is C22H25NO2. The molecule has 130 valence electrons. The van der Waals surface area contributed by atoms with Gasteiger partial charge in [0.15, 0.2) is 0 Å². The van der Waals surface area contributed by atoms with E-state index in [1.165, 1.54) is 28.7 Å². The average molecular weight is 335 g/mol. The summed E-state index contributed by atoms with van der Waals surface area (Å²) in [7, 11) is 1.69. The topological polar surface area (TPSA) is 29.5 Å². The zero-order valence-corrected chi connectivity index (χ0v) is 15.0. The number of ether oxygens (including phenoxy) is 1. The van der Waals surface area contributed by atoms with Gasteiger partial charge in [0.1, 0.15) is 5.75 Å². The second-order valence-electron chi connectivity index (χ2n) is 7.19. The minimum Gasteiger partial charge on any atom is -0.497 e. The van der Waals surface area contributed by atoms with Crippen LogP contribution >= 0.6 is 0 Å². The normalized spacial score (nSPS) is 19.9. The summed E-state index contributed by atoms with van der Waals surface area (Å²) < 4.78 is 5.27. The number of rotatable bonds is 3. The Morgan fingerprint density at radius 3 is 2.52 bits per heavy atom. The van der Waals surface area contributed by atoms with Gasteiger partial charge >= 0.3 is 0 Å². The molecule has 3 heteroatoms. The molecule has 1 aliphatic heterocycles. The lowest BCUT2D eigenvalue weighted by molar-refractivity contribution is -0.140. The second kappa shape index (κ2) is 6.55. The van der Waals surface area contributed by atoms with E-state index in [2.05, 4.69) is 42.2 Å². The number of methoxy groups -OCH3 is 1. The molecule has 0 aromatic heterocycles. The first-order chi connectivity index (χ1) is 12.2. The van der Waals surface area contributed by atoms with E-state index in [1.807, 2.05) is 12.1 Å². The van der Waals surface area contributed by atoms with E-state index in [0.29, 0.717) is 5.91 Å². The van der Waals surface area contributed by atoms with Gasteiger partial charge in [0.25, 0.3) is 0 Å². The molecule has 3 nitrogen and oxygen atoms in total. The summed E-state index contributed by atoms with van der Waals surface area (Å²) >= 11 is 0. The highest BCUT2D eigenvalue weighted by atomic mass is 16.5. The summed E-state index contributed by atoms with van der Waals surface area (Å²) in [5.41, 5.74) is 5.18. The molecule has 0 saturated heterocycles. The molecule has 0 bridgehead atoms. The molecule has 1 fully saturated rings. The average Bonchev–Trinajstić information content (AvgIpc) is 2.60. The van der Waals surface area contributed by atoms with Crippen LogP contribution in [0.1, 0.15) is 43.4 Å². The highest BCUT2D eigenvalue weighted by molar-refractivity contribution is 5.81. The van der Waals surface area contributed by atoms with Crippen molar-refractivity contribution in [3.8, 4) is 16.9 Å². The molecule has 2 aromatic carbocycles. The highest BCUT2D eigenvalue weighted by Crippen LogP contribution is 2.38. The Balaban J connectivity index is 1.65. The van der Waals surface area contributed by atoms with Gasteiger partial charge in [-0.2, -0.15) is 0 Å². The molecule has 25 heavy (non-hydrogen) atoms. The Morgan fingerprint density at radius 2 is 1.88 bits per heavy atom. The third-order valence-electron chi connectivity index (χ3n) is 5.87. The molecule has 2 aliphatic rings. The molecular weight excluding hydrogens is 310 g/mol. The van der Waals surface area contributed by atoms with E-state index in [9.17, 15) is 4.79 Å². The van der Waals surface area contributed by atoms with Gasteiger partial charge in [0.2, 0.25) is 5.91 Å². The molecule has 1 atom stereocenters. The predicted molar refractivity (Wildman–Crippen MR) is 99.6 cm³/mol. The van der Waals surface area contributed by atoms with Crippen LogP contribution in [0.2, 0.25) is 0 Å². The summed E-state index contributed by atoms with van der Waals surface area (Å²) in [5, 5.41) is 0. The Hall–Kier alpha value is -2.29. The lowest BCUT2D eigenvalue weighted by Crippen LogP contribution is -2.44. The molecule has 4 rings (SSSR count). The lowest BCUT2D eigenvalue weighted by atomic mass is 9.82. The van der Waals surface area contributed by atoms with Gasteiger partial charge in [-0.05, 0) is 60.6 Å². The van der Waals surface area contributed by atoms with E-state index < -0.39 is 0 Å². The first-order valence-electron chi connectivity index (χ1n) is 9.25. The van der Waals surface area contributed by atoms with Gasteiger partial charge in [0.05, 0.1) is 13.2 Å². The molecule has 1 aliphatic carbocycles. The number of fused-ring (bicyclic) bond motifs is 1. The largest absolute Gasteiger partial charge is 0.497 e. The van der Waals surface area contributed by atoms with Gasteiger partial charge in [-0.25, -0.2) is 0 Å². The smallest absolute Gasteiger partial charge is 0.226 e. The minimum absolute atomic E-state index is 0.162. The van der Waals surface area contributed by atoms with Gasteiger partial charge in [0, 0.05) is 12.5 Å². The van der Waals surface area contributed by atoms with Crippen LogP contribution in [0, 0.1) is 5.92 Å². The van der Waals surface area contributed by atoms with Gasteiger partial charge in [-0.1, -0.05) is 36.8 Å². The monoisotopic (exact) mass is 335 g/mol. The van der Waals surface area contributed by atoms with Crippen molar-refractivity contribution in [1.82, 2.24) is 4.90 Å². The third-order valence-corrected chi connectivity index (χ3v) is 5.87. The Labute approximate surface area is 149 Å². The van der Waals surface area contributed by atoms with Crippen LogP contribution in [0.15, 0.2) is 42.5 Å². The Kier molecular flexibility index (Phi) is 4.24. The summed E-state index contributed by atoms with van der Waals surface area (Å²) in [4.78, 5) is 14.8. The van der Waals surface area contributed by atoms with Gasteiger partial charge < -0.3 is 9.64 Å². The number of carbonyl (C=O) groups excluding carboxylic acids is 1. The SMILES string of the molecule is COc1ccc(-c2cccc3c2CCN(C(=O)C2CCC2)[C@@H]3C)cc1. The summed E-state index contributed by atoms with van der Waals surface area (Å²) in [6.07, 6.45) is 4.28. The van der Waals surface area contributed by atoms with Crippen molar-refractivity contribution in [3.63, 3.8) is 0 Å². The van der Waals surface area contributed by atoms with E-state index in [1.54, 1.807) is 7.11 Å². The quantitative estimate of drug-likeness (QED) is 0.820. The molecule has 1 amide bonds. The van der Waals surface area contributed by atoms with Crippen molar-refractivity contribution in [2.45, 2.75) is 38.6 Å². The predicted octanol–water partition coefficient (Wildman–Crippen LogP) is 4.61. The van der Waals surface area contributed by atoms with Gasteiger partial charge in [-0.3, -0.25) is 4.79 Å². The maximum absolute atomic E-state index is 12.7. The number of benzene rings is 2. The maximum atomic E-state index is 12.7. The number of nitrogens with zero attached hydrogens (tertiary/aromatic N) is 1. The minimum atomic E-state index is 0.162. The van der Waals surface area contributed by atoms with Crippen LogP contribution in [0.4, 0.5) is 0 Å². The molecule has 0 radical (unpaired) electrons. The number of hydrogen-bond donors (Lipinski definition) is 0. The van der Waals surface area contributed by atoms with Crippen LogP contribution in [0.3, 0.4) is 0 Å². The molecule has 0 N–H and O–H groups in total. The molecule has 2 aromatic rings. The molecule has 0 unspecified atom stereocenters.